The normalized spacial score (nSPS) is 13.9. The van der Waals surface area contributed by atoms with Crippen LogP contribution in [0.4, 0.5) is 0 Å². The molecule has 1 amide bonds. The van der Waals surface area contributed by atoms with E-state index in [1.54, 1.807) is 0 Å². The molecule has 0 radical (unpaired) electrons. The number of aliphatic hydroxyl groups is 1. The Bertz CT molecular complexity index is 436. The predicted octanol–water partition coefficient (Wildman–Crippen LogP) is 1.47. The van der Waals surface area contributed by atoms with Crippen LogP contribution < -0.4 is 11.1 Å². The average molecular weight is 278 g/mol. The topological polar surface area (TPSA) is 75.4 Å². The van der Waals surface area contributed by atoms with E-state index in [2.05, 4.69) is 5.32 Å². The second kappa shape index (κ2) is 6.37. The quantitative estimate of drug-likeness (QED) is 0.737. The molecule has 0 unspecified atom stereocenters. The fourth-order valence-electron chi connectivity index (χ4n) is 1.72. The monoisotopic (exact) mass is 278 g/mol. The number of nitrogens with two attached hydrogens (primary N) is 1. The Balaban J connectivity index is 2.72. The molecule has 0 saturated heterocycles. The summed E-state index contributed by atoms with van der Waals surface area (Å²) in [6.45, 7) is 7.20. The highest BCUT2D eigenvalue weighted by Gasteiger charge is 2.40. The molecule has 0 spiro atoms. The lowest BCUT2D eigenvalue weighted by Crippen LogP contribution is -2.57. The SMILES string of the molecule is CC(C)(N)C(C)(C)C(=O)N[C@H](CO)Cc1ccccc1. The Labute approximate surface area is 121 Å². The number of nitrogens with one attached hydrogen (secondary N) is 1. The molecular weight excluding hydrogens is 252 g/mol. The zero-order valence-corrected chi connectivity index (χ0v) is 12.8. The Kier molecular flexibility index (Phi) is 5.31. The van der Waals surface area contributed by atoms with Crippen LogP contribution in [0, 0.1) is 5.41 Å². The van der Waals surface area contributed by atoms with Crippen molar-refractivity contribution in [1.82, 2.24) is 5.32 Å². The van der Waals surface area contributed by atoms with Crippen molar-refractivity contribution in [3.8, 4) is 0 Å². The first kappa shape index (κ1) is 16.7. The van der Waals surface area contributed by atoms with E-state index in [0.29, 0.717) is 6.42 Å². The van der Waals surface area contributed by atoms with Crippen LogP contribution in [0.25, 0.3) is 0 Å². The van der Waals surface area contributed by atoms with E-state index in [-0.39, 0.29) is 18.6 Å². The molecule has 112 valence electrons. The van der Waals surface area contributed by atoms with Gasteiger partial charge in [0.1, 0.15) is 0 Å². The third-order valence-electron chi connectivity index (χ3n) is 4.06. The summed E-state index contributed by atoms with van der Waals surface area (Å²) >= 11 is 0. The van der Waals surface area contributed by atoms with Gasteiger partial charge in [-0.2, -0.15) is 0 Å². The van der Waals surface area contributed by atoms with Crippen LogP contribution in [0.1, 0.15) is 33.3 Å². The summed E-state index contributed by atoms with van der Waals surface area (Å²) in [6.07, 6.45) is 0.601. The molecule has 4 N–H and O–H groups in total. The molecule has 0 bridgehead atoms. The summed E-state index contributed by atoms with van der Waals surface area (Å²) in [7, 11) is 0. The van der Waals surface area contributed by atoms with Crippen LogP contribution >= 0.6 is 0 Å². The second-order valence-electron chi connectivity index (χ2n) is 6.39. The molecule has 0 aliphatic rings. The lowest BCUT2D eigenvalue weighted by molar-refractivity contribution is -0.133. The van der Waals surface area contributed by atoms with Gasteiger partial charge in [-0.05, 0) is 39.7 Å². The Morgan fingerprint density at radius 1 is 1.25 bits per heavy atom. The van der Waals surface area contributed by atoms with Gasteiger partial charge >= 0.3 is 0 Å². The molecule has 1 aromatic rings. The molecule has 0 saturated carbocycles. The van der Waals surface area contributed by atoms with E-state index in [1.165, 1.54) is 0 Å². The van der Waals surface area contributed by atoms with Gasteiger partial charge < -0.3 is 16.2 Å². The molecule has 1 rings (SSSR count). The summed E-state index contributed by atoms with van der Waals surface area (Å²) in [5.41, 5.74) is 5.79. The lowest BCUT2D eigenvalue weighted by Gasteiger charge is -2.38. The van der Waals surface area contributed by atoms with Crippen molar-refractivity contribution in [2.24, 2.45) is 11.1 Å². The maximum absolute atomic E-state index is 12.4. The molecule has 20 heavy (non-hydrogen) atoms. The molecule has 0 fully saturated rings. The largest absolute Gasteiger partial charge is 0.394 e. The van der Waals surface area contributed by atoms with Crippen LogP contribution in [0.3, 0.4) is 0 Å². The smallest absolute Gasteiger partial charge is 0.227 e. The molecule has 0 aromatic heterocycles. The summed E-state index contributed by atoms with van der Waals surface area (Å²) in [5, 5.41) is 12.4. The minimum atomic E-state index is -0.711. The highest BCUT2D eigenvalue weighted by molar-refractivity contribution is 5.83. The van der Waals surface area contributed by atoms with Crippen LogP contribution in [-0.4, -0.2) is 29.2 Å². The molecule has 4 heteroatoms. The van der Waals surface area contributed by atoms with Gasteiger partial charge in [0.2, 0.25) is 5.91 Å². The zero-order chi connectivity index (χ0) is 15.4. The molecule has 1 aromatic carbocycles. The molecule has 0 aliphatic heterocycles. The number of aliphatic hydroxyl groups excluding tert-OH is 1. The number of benzene rings is 1. The second-order valence-corrected chi connectivity index (χ2v) is 6.39. The van der Waals surface area contributed by atoms with Crippen molar-refractivity contribution in [1.29, 1.82) is 0 Å². The lowest BCUT2D eigenvalue weighted by atomic mass is 9.74. The van der Waals surface area contributed by atoms with E-state index in [1.807, 2.05) is 58.0 Å². The summed E-state index contributed by atoms with van der Waals surface area (Å²) < 4.78 is 0. The van der Waals surface area contributed by atoms with Gasteiger partial charge in [0, 0.05) is 5.54 Å². The molecule has 4 nitrogen and oxygen atoms in total. The summed E-state index contributed by atoms with van der Waals surface area (Å²) in [5.74, 6) is -0.139. The van der Waals surface area contributed by atoms with E-state index in [0.717, 1.165) is 5.56 Å². The van der Waals surface area contributed by atoms with Gasteiger partial charge in [-0.3, -0.25) is 4.79 Å². The Morgan fingerprint density at radius 2 is 1.80 bits per heavy atom. The Hall–Kier alpha value is -1.39. The number of rotatable bonds is 6. The number of hydrogen-bond acceptors (Lipinski definition) is 3. The van der Waals surface area contributed by atoms with E-state index in [4.69, 9.17) is 5.73 Å². The zero-order valence-electron chi connectivity index (χ0n) is 12.8. The highest BCUT2D eigenvalue weighted by atomic mass is 16.3. The first-order valence-corrected chi connectivity index (χ1v) is 6.93. The van der Waals surface area contributed by atoms with E-state index >= 15 is 0 Å². The minimum absolute atomic E-state index is 0.0955. The van der Waals surface area contributed by atoms with Gasteiger partial charge in [-0.15, -0.1) is 0 Å². The van der Waals surface area contributed by atoms with Crippen LogP contribution in [0.15, 0.2) is 30.3 Å². The van der Waals surface area contributed by atoms with E-state index < -0.39 is 11.0 Å². The third-order valence-corrected chi connectivity index (χ3v) is 4.06. The molecule has 0 aliphatic carbocycles. The summed E-state index contributed by atoms with van der Waals surface area (Å²) in [4.78, 5) is 12.4. The number of hydrogen-bond donors (Lipinski definition) is 3. The van der Waals surface area contributed by atoms with E-state index in [9.17, 15) is 9.90 Å². The average Bonchev–Trinajstić information content (AvgIpc) is 2.37. The molecule has 1 atom stereocenters. The number of amides is 1. The van der Waals surface area contributed by atoms with Crippen molar-refractivity contribution in [2.75, 3.05) is 6.61 Å². The van der Waals surface area contributed by atoms with Gasteiger partial charge in [0.25, 0.3) is 0 Å². The maximum Gasteiger partial charge on any atom is 0.227 e. The maximum atomic E-state index is 12.4. The highest BCUT2D eigenvalue weighted by Crippen LogP contribution is 2.28. The standard InChI is InChI=1S/C16H26N2O2/c1-15(2,16(3,4)17)14(20)18-13(11-19)10-12-8-6-5-7-9-12/h5-9,13,19H,10-11,17H2,1-4H3,(H,18,20)/t13-/m0/s1. The number of carbonyl (C=O) groups excluding carboxylic acids is 1. The van der Waals surface area contributed by atoms with Gasteiger partial charge in [-0.25, -0.2) is 0 Å². The first-order chi connectivity index (χ1) is 9.18. The van der Waals surface area contributed by atoms with Crippen LogP contribution in [0.5, 0.6) is 0 Å². The van der Waals surface area contributed by atoms with Gasteiger partial charge in [0.05, 0.1) is 18.1 Å². The van der Waals surface area contributed by atoms with Gasteiger partial charge in [0.15, 0.2) is 0 Å². The molecule has 0 heterocycles. The van der Waals surface area contributed by atoms with Crippen LogP contribution in [0.2, 0.25) is 0 Å². The van der Waals surface area contributed by atoms with Crippen molar-refractivity contribution in [3.05, 3.63) is 35.9 Å². The fraction of sp³-hybridized carbons (Fsp3) is 0.562. The van der Waals surface area contributed by atoms with Crippen molar-refractivity contribution >= 4 is 5.91 Å². The van der Waals surface area contributed by atoms with Crippen molar-refractivity contribution in [2.45, 2.75) is 45.7 Å². The summed E-state index contributed by atoms with van der Waals surface area (Å²) in [6, 6.07) is 9.48. The van der Waals surface area contributed by atoms with Crippen molar-refractivity contribution < 1.29 is 9.90 Å². The Morgan fingerprint density at radius 3 is 2.25 bits per heavy atom. The van der Waals surface area contributed by atoms with Crippen LogP contribution in [-0.2, 0) is 11.2 Å². The van der Waals surface area contributed by atoms with Gasteiger partial charge in [-0.1, -0.05) is 30.3 Å². The van der Waals surface area contributed by atoms with Crippen molar-refractivity contribution in [3.63, 3.8) is 0 Å². The molecular formula is C16H26N2O2. The fourth-order valence-corrected chi connectivity index (χ4v) is 1.72. The number of carbonyl (C=O) groups is 1. The first-order valence-electron chi connectivity index (χ1n) is 6.93. The minimum Gasteiger partial charge on any atom is -0.394 e. The third kappa shape index (κ3) is 4.05. The predicted molar refractivity (Wildman–Crippen MR) is 81.2 cm³/mol.